The lowest BCUT2D eigenvalue weighted by Gasteiger charge is -2.18. The molecule has 0 saturated heterocycles. The van der Waals surface area contributed by atoms with Crippen LogP contribution in [0, 0.1) is 19.8 Å². The van der Waals surface area contributed by atoms with Crippen LogP contribution in [0.1, 0.15) is 106 Å². The van der Waals surface area contributed by atoms with Gasteiger partial charge in [0.25, 0.3) is 0 Å². The summed E-state index contributed by atoms with van der Waals surface area (Å²) >= 11 is 0. The number of benzene rings is 2. The first-order chi connectivity index (χ1) is 21.7. The van der Waals surface area contributed by atoms with Crippen molar-refractivity contribution < 1.29 is 4.39 Å². The molecule has 4 nitrogen and oxygen atoms in total. The Hall–Kier alpha value is -3.02. The van der Waals surface area contributed by atoms with Crippen molar-refractivity contribution in [3.8, 4) is 0 Å². The molecule has 1 aliphatic carbocycles. The molecule has 45 heavy (non-hydrogen) atoms. The summed E-state index contributed by atoms with van der Waals surface area (Å²) in [5.41, 5.74) is 14.8. The Morgan fingerprint density at radius 1 is 1.11 bits per heavy atom. The van der Waals surface area contributed by atoms with Gasteiger partial charge in [0.15, 0.2) is 0 Å². The van der Waals surface area contributed by atoms with E-state index in [-0.39, 0.29) is 0 Å². The van der Waals surface area contributed by atoms with E-state index in [4.69, 9.17) is 10.7 Å². The number of aryl methyl sites for hydroxylation is 4. The average Bonchev–Trinajstić information content (AvgIpc) is 3.76. The van der Waals surface area contributed by atoms with Crippen molar-refractivity contribution in [2.45, 2.75) is 112 Å². The Kier molecular flexibility index (Phi) is 12.8. The number of hydrogen-bond donors (Lipinski definition) is 2. The Balaban J connectivity index is 1.75. The molecular formula is C40H57FN4. The van der Waals surface area contributed by atoms with Crippen LogP contribution in [-0.2, 0) is 25.1 Å². The van der Waals surface area contributed by atoms with Gasteiger partial charge >= 0.3 is 0 Å². The SMILES string of the molecule is C\C=C/C(=C(\C=C\Cc1ccc(C)c(C(C)(C)F)c1)CCCNCC1CC1)c1nc2c(CCCCN)cc(C)cc2n1CCC. The van der Waals surface area contributed by atoms with Crippen molar-refractivity contribution in [3.05, 3.63) is 93.9 Å². The second kappa shape index (κ2) is 16.5. The number of nitrogens with one attached hydrogen (secondary N) is 1. The van der Waals surface area contributed by atoms with Gasteiger partial charge in [-0.25, -0.2) is 9.37 Å². The number of alkyl halides is 1. The average molecular weight is 613 g/mol. The lowest BCUT2D eigenvalue weighted by Crippen LogP contribution is -2.18. The molecule has 2 aromatic carbocycles. The zero-order valence-corrected chi connectivity index (χ0v) is 28.8. The molecule has 3 aromatic rings. The number of fused-ring (bicyclic) bond motifs is 1. The third-order valence-corrected chi connectivity index (χ3v) is 8.89. The summed E-state index contributed by atoms with van der Waals surface area (Å²) in [4.78, 5) is 5.41. The van der Waals surface area contributed by atoms with Gasteiger partial charge in [-0.05, 0) is 157 Å². The number of hydrogen-bond acceptors (Lipinski definition) is 3. The highest BCUT2D eigenvalue weighted by molar-refractivity contribution is 5.86. The molecule has 0 unspecified atom stereocenters. The maximum absolute atomic E-state index is 14.9. The Labute approximate surface area is 272 Å². The van der Waals surface area contributed by atoms with E-state index in [9.17, 15) is 4.39 Å². The minimum absolute atomic E-state index is 0.722. The molecule has 1 heterocycles. The normalized spacial score (nSPS) is 14.8. The highest BCUT2D eigenvalue weighted by Crippen LogP contribution is 2.32. The van der Waals surface area contributed by atoms with Crippen LogP contribution in [0.4, 0.5) is 4.39 Å². The van der Waals surface area contributed by atoms with E-state index >= 15 is 0 Å². The van der Waals surface area contributed by atoms with Crippen LogP contribution < -0.4 is 11.1 Å². The quantitative estimate of drug-likeness (QED) is 0.111. The van der Waals surface area contributed by atoms with Gasteiger partial charge in [-0.2, -0.15) is 0 Å². The fourth-order valence-electron chi connectivity index (χ4n) is 6.36. The molecule has 0 spiro atoms. The molecule has 0 bridgehead atoms. The van der Waals surface area contributed by atoms with Gasteiger partial charge in [0.05, 0.1) is 11.0 Å². The second-order valence-corrected chi connectivity index (χ2v) is 13.5. The molecule has 0 radical (unpaired) electrons. The Morgan fingerprint density at radius 2 is 1.91 bits per heavy atom. The van der Waals surface area contributed by atoms with E-state index < -0.39 is 5.67 Å². The predicted molar refractivity (Wildman–Crippen MR) is 191 cm³/mol. The van der Waals surface area contributed by atoms with Crippen LogP contribution in [0.3, 0.4) is 0 Å². The minimum Gasteiger partial charge on any atom is -0.330 e. The van der Waals surface area contributed by atoms with Crippen LogP contribution >= 0.6 is 0 Å². The van der Waals surface area contributed by atoms with Gasteiger partial charge < -0.3 is 15.6 Å². The number of halogens is 1. The van der Waals surface area contributed by atoms with Crippen LogP contribution in [0.5, 0.6) is 0 Å². The Bertz CT molecular complexity index is 1500. The summed E-state index contributed by atoms with van der Waals surface area (Å²) in [6.07, 6.45) is 18.6. The largest absolute Gasteiger partial charge is 0.330 e. The summed E-state index contributed by atoms with van der Waals surface area (Å²) in [6, 6.07) is 10.8. The number of nitrogens with zero attached hydrogens (tertiary/aromatic N) is 2. The second-order valence-electron chi connectivity index (χ2n) is 13.5. The topological polar surface area (TPSA) is 55.9 Å². The zero-order valence-electron chi connectivity index (χ0n) is 28.8. The summed E-state index contributed by atoms with van der Waals surface area (Å²) in [6.45, 7) is 15.6. The van der Waals surface area contributed by atoms with E-state index in [0.29, 0.717) is 0 Å². The number of nitrogens with two attached hydrogens (primary N) is 1. The molecule has 4 rings (SSSR count). The first-order valence-electron chi connectivity index (χ1n) is 17.4. The number of imidazole rings is 1. The third kappa shape index (κ3) is 9.73. The molecule has 1 aliphatic rings. The summed E-state index contributed by atoms with van der Waals surface area (Å²) < 4.78 is 17.4. The molecule has 1 saturated carbocycles. The highest BCUT2D eigenvalue weighted by Gasteiger charge is 2.22. The molecule has 0 atom stereocenters. The van der Waals surface area contributed by atoms with E-state index in [2.05, 4.69) is 73.2 Å². The molecule has 244 valence electrons. The van der Waals surface area contributed by atoms with Crippen molar-refractivity contribution >= 4 is 16.6 Å². The summed E-state index contributed by atoms with van der Waals surface area (Å²) in [5.74, 6) is 1.93. The molecule has 0 aliphatic heterocycles. The van der Waals surface area contributed by atoms with Crippen molar-refractivity contribution in [2.75, 3.05) is 19.6 Å². The molecule has 3 N–H and O–H groups in total. The van der Waals surface area contributed by atoms with Gasteiger partial charge in [-0.3, -0.25) is 0 Å². The summed E-state index contributed by atoms with van der Waals surface area (Å²) in [5, 5.41) is 3.68. The minimum atomic E-state index is -1.36. The third-order valence-electron chi connectivity index (χ3n) is 8.89. The van der Waals surface area contributed by atoms with Crippen LogP contribution in [0.25, 0.3) is 16.6 Å². The maximum Gasteiger partial charge on any atom is 0.141 e. The molecular weight excluding hydrogens is 555 g/mol. The fourth-order valence-corrected chi connectivity index (χ4v) is 6.36. The highest BCUT2D eigenvalue weighted by atomic mass is 19.1. The van der Waals surface area contributed by atoms with Crippen molar-refractivity contribution in [1.29, 1.82) is 0 Å². The number of rotatable bonds is 18. The summed E-state index contributed by atoms with van der Waals surface area (Å²) in [7, 11) is 0. The lowest BCUT2D eigenvalue weighted by molar-refractivity contribution is 0.220. The fraction of sp³-hybridized carbons (Fsp3) is 0.525. The smallest absolute Gasteiger partial charge is 0.141 e. The zero-order chi connectivity index (χ0) is 32.4. The first kappa shape index (κ1) is 34.8. The number of aromatic nitrogens is 2. The predicted octanol–water partition coefficient (Wildman–Crippen LogP) is 9.46. The lowest BCUT2D eigenvalue weighted by atomic mass is 9.92. The molecule has 0 amide bonds. The standard InChI is InChI=1S/C40H57FN4/c1-7-13-35(39-44-38-34(15-9-10-22-42)25-29(3)26-37(38)45(39)24-8-2)33(17-12-23-43-28-32-20-21-32)16-11-14-31-19-18-30(4)36(27-31)40(5,6)41/h7,11,13,16,18-19,25-27,32,43H,8-10,12,14-15,17,20-24,28,42H2,1-6H3/b13-7-,16-11+,35-33-. The Morgan fingerprint density at radius 3 is 2.60 bits per heavy atom. The van der Waals surface area contributed by atoms with E-state index in [1.807, 2.05) is 19.1 Å². The molecule has 5 heteroatoms. The van der Waals surface area contributed by atoms with Crippen LogP contribution in [0.2, 0.25) is 0 Å². The molecule has 1 aromatic heterocycles. The molecule has 1 fully saturated rings. The van der Waals surface area contributed by atoms with Crippen molar-refractivity contribution in [1.82, 2.24) is 14.9 Å². The van der Waals surface area contributed by atoms with Crippen molar-refractivity contribution in [2.24, 2.45) is 11.7 Å². The monoisotopic (exact) mass is 612 g/mol. The number of unbranched alkanes of at least 4 members (excludes halogenated alkanes) is 1. The van der Waals surface area contributed by atoms with E-state index in [1.165, 1.54) is 40.6 Å². The van der Waals surface area contributed by atoms with Crippen LogP contribution in [-0.4, -0.2) is 29.2 Å². The van der Waals surface area contributed by atoms with Gasteiger partial charge in [-0.15, -0.1) is 0 Å². The number of allylic oxidation sites excluding steroid dienone is 6. The van der Waals surface area contributed by atoms with Crippen LogP contribution in [0.15, 0.2) is 60.2 Å². The van der Waals surface area contributed by atoms with Gasteiger partial charge in [0.2, 0.25) is 0 Å². The maximum atomic E-state index is 14.9. The van der Waals surface area contributed by atoms with E-state index in [0.717, 1.165) is 105 Å². The van der Waals surface area contributed by atoms with Gasteiger partial charge in [0, 0.05) is 12.1 Å². The van der Waals surface area contributed by atoms with Crippen molar-refractivity contribution in [3.63, 3.8) is 0 Å². The van der Waals surface area contributed by atoms with E-state index in [1.54, 1.807) is 13.8 Å². The van der Waals surface area contributed by atoms with Gasteiger partial charge in [0.1, 0.15) is 11.5 Å². The first-order valence-corrected chi connectivity index (χ1v) is 17.4. The van der Waals surface area contributed by atoms with Gasteiger partial charge in [-0.1, -0.05) is 55.5 Å².